The van der Waals surface area contributed by atoms with E-state index in [4.69, 9.17) is 9.84 Å². The molecule has 0 unspecified atom stereocenters. The summed E-state index contributed by atoms with van der Waals surface area (Å²) in [6, 6.07) is 0. The quantitative estimate of drug-likeness (QED) is 0.471. The maximum atomic E-state index is 11.7. The summed E-state index contributed by atoms with van der Waals surface area (Å²) in [4.78, 5) is 33.1. The Hall–Kier alpha value is -1.59. The monoisotopic (exact) mass is 287 g/mol. The van der Waals surface area contributed by atoms with E-state index in [9.17, 15) is 14.4 Å². The number of rotatable bonds is 10. The van der Waals surface area contributed by atoms with Crippen molar-refractivity contribution in [2.45, 2.75) is 52.9 Å². The lowest BCUT2D eigenvalue weighted by molar-refractivity contribution is -0.147. The van der Waals surface area contributed by atoms with Gasteiger partial charge in [0, 0.05) is 12.0 Å². The Morgan fingerprint density at radius 2 is 1.80 bits per heavy atom. The molecule has 6 nitrogen and oxygen atoms in total. The lowest BCUT2D eigenvalue weighted by Gasteiger charge is -2.21. The van der Waals surface area contributed by atoms with Crippen LogP contribution in [0.2, 0.25) is 0 Å². The number of amides is 1. The van der Waals surface area contributed by atoms with E-state index in [-0.39, 0.29) is 30.8 Å². The van der Waals surface area contributed by atoms with Crippen LogP contribution < -0.4 is 5.32 Å². The number of unbranched alkanes of at least 4 members (excludes halogenated alkanes) is 1. The molecular formula is C14H25NO5. The van der Waals surface area contributed by atoms with Crippen molar-refractivity contribution in [1.29, 1.82) is 0 Å². The highest BCUT2D eigenvalue weighted by molar-refractivity contribution is 5.81. The number of carbonyl (C=O) groups is 3. The number of nitrogens with one attached hydrogen (secondary N) is 1. The zero-order valence-electron chi connectivity index (χ0n) is 12.5. The minimum atomic E-state index is -1.01. The Labute approximate surface area is 119 Å². The molecule has 0 aliphatic rings. The molecule has 116 valence electrons. The zero-order valence-corrected chi connectivity index (χ0v) is 12.5. The van der Waals surface area contributed by atoms with Crippen molar-refractivity contribution in [2.24, 2.45) is 5.41 Å². The van der Waals surface area contributed by atoms with E-state index in [1.165, 1.54) is 0 Å². The summed E-state index contributed by atoms with van der Waals surface area (Å²) in [6.45, 7) is 6.57. The second-order valence-corrected chi connectivity index (χ2v) is 5.31. The highest BCUT2D eigenvalue weighted by Gasteiger charge is 2.24. The Balaban J connectivity index is 3.56. The van der Waals surface area contributed by atoms with E-state index >= 15 is 0 Å². The highest BCUT2D eigenvalue weighted by atomic mass is 16.5. The number of ether oxygens (including phenoxy) is 1. The standard InChI is InChI=1S/C14H25NO5/c1-4-14(2,3)13(19)15-9-5-6-10-20-12(18)8-7-11(16)17/h4-10H2,1-3H3,(H,15,19)(H,16,17). The largest absolute Gasteiger partial charge is 0.481 e. The Kier molecular flexibility index (Phi) is 8.59. The smallest absolute Gasteiger partial charge is 0.306 e. The van der Waals surface area contributed by atoms with Gasteiger partial charge in [-0.25, -0.2) is 0 Å². The van der Waals surface area contributed by atoms with E-state index in [0.717, 1.165) is 12.8 Å². The van der Waals surface area contributed by atoms with Crippen LogP contribution in [-0.4, -0.2) is 36.1 Å². The SMILES string of the molecule is CCC(C)(C)C(=O)NCCCCOC(=O)CCC(=O)O. The number of aliphatic carboxylic acids is 1. The number of hydrogen-bond donors (Lipinski definition) is 2. The fraction of sp³-hybridized carbons (Fsp3) is 0.786. The average molecular weight is 287 g/mol. The van der Waals surface area contributed by atoms with Gasteiger partial charge in [0.25, 0.3) is 0 Å². The summed E-state index contributed by atoms with van der Waals surface area (Å²) in [5.41, 5.74) is -0.358. The van der Waals surface area contributed by atoms with Crippen molar-refractivity contribution in [2.75, 3.05) is 13.2 Å². The molecule has 0 saturated heterocycles. The molecule has 0 aliphatic carbocycles. The molecule has 0 atom stereocenters. The van der Waals surface area contributed by atoms with Gasteiger partial charge in [-0.15, -0.1) is 0 Å². The van der Waals surface area contributed by atoms with Gasteiger partial charge in [-0.1, -0.05) is 20.8 Å². The topological polar surface area (TPSA) is 92.7 Å². The molecule has 1 amide bonds. The minimum Gasteiger partial charge on any atom is -0.481 e. The van der Waals surface area contributed by atoms with Crippen molar-refractivity contribution in [1.82, 2.24) is 5.32 Å². The molecule has 0 bridgehead atoms. The molecule has 0 fully saturated rings. The summed E-state index contributed by atoms with van der Waals surface area (Å²) in [6.07, 6.45) is 1.83. The van der Waals surface area contributed by atoms with Crippen molar-refractivity contribution >= 4 is 17.8 Å². The van der Waals surface area contributed by atoms with Crippen LogP contribution in [0.5, 0.6) is 0 Å². The van der Waals surface area contributed by atoms with Crippen LogP contribution in [-0.2, 0) is 19.1 Å². The summed E-state index contributed by atoms with van der Waals surface area (Å²) < 4.78 is 4.87. The first kappa shape index (κ1) is 18.4. The molecule has 0 aromatic carbocycles. The number of hydrogen-bond acceptors (Lipinski definition) is 4. The molecule has 0 heterocycles. The minimum absolute atomic E-state index is 0.0263. The molecule has 0 aliphatic heterocycles. The molecule has 0 rings (SSSR count). The van der Waals surface area contributed by atoms with E-state index in [1.54, 1.807) is 0 Å². The second-order valence-electron chi connectivity index (χ2n) is 5.31. The van der Waals surface area contributed by atoms with Gasteiger partial charge >= 0.3 is 11.9 Å². The Bertz CT molecular complexity index is 338. The molecule has 0 saturated carbocycles. The molecule has 0 aromatic heterocycles. The third kappa shape index (κ3) is 8.50. The Morgan fingerprint density at radius 3 is 2.35 bits per heavy atom. The van der Waals surface area contributed by atoms with Gasteiger partial charge in [-0.05, 0) is 19.3 Å². The van der Waals surface area contributed by atoms with Crippen molar-refractivity contribution in [3.05, 3.63) is 0 Å². The first-order chi connectivity index (χ1) is 9.29. The highest BCUT2D eigenvalue weighted by Crippen LogP contribution is 2.19. The summed E-state index contributed by atoms with van der Waals surface area (Å²) in [7, 11) is 0. The first-order valence-corrected chi connectivity index (χ1v) is 6.95. The van der Waals surface area contributed by atoms with Crippen LogP contribution >= 0.6 is 0 Å². The zero-order chi connectivity index (χ0) is 15.6. The lowest BCUT2D eigenvalue weighted by Crippen LogP contribution is -2.37. The molecule has 20 heavy (non-hydrogen) atoms. The summed E-state index contributed by atoms with van der Waals surface area (Å²) in [5.74, 6) is -1.48. The van der Waals surface area contributed by atoms with Crippen LogP contribution in [0, 0.1) is 5.41 Å². The van der Waals surface area contributed by atoms with E-state index < -0.39 is 11.9 Å². The van der Waals surface area contributed by atoms with Gasteiger partial charge < -0.3 is 15.2 Å². The van der Waals surface area contributed by atoms with Crippen LogP contribution in [0.15, 0.2) is 0 Å². The van der Waals surface area contributed by atoms with Crippen LogP contribution in [0.1, 0.15) is 52.9 Å². The average Bonchev–Trinajstić information content (AvgIpc) is 2.39. The number of carboxylic acids is 1. The van der Waals surface area contributed by atoms with Gasteiger partial charge in [-0.3, -0.25) is 14.4 Å². The van der Waals surface area contributed by atoms with Gasteiger partial charge in [0.1, 0.15) is 0 Å². The van der Waals surface area contributed by atoms with Gasteiger partial charge in [0.05, 0.1) is 19.4 Å². The molecule has 0 aromatic rings. The van der Waals surface area contributed by atoms with E-state index in [2.05, 4.69) is 5.32 Å². The van der Waals surface area contributed by atoms with Crippen molar-refractivity contribution in [3.63, 3.8) is 0 Å². The van der Waals surface area contributed by atoms with Gasteiger partial charge in [-0.2, -0.15) is 0 Å². The fourth-order valence-corrected chi connectivity index (χ4v) is 1.30. The van der Waals surface area contributed by atoms with Crippen LogP contribution in [0.3, 0.4) is 0 Å². The van der Waals surface area contributed by atoms with Crippen LogP contribution in [0.25, 0.3) is 0 Å². The third-order valence-electron chi connectivity index (χ3n) is 3.16. The van der Waals surface area contributed by atoms with Gasteiger partial charge in [0.2, 0.25) is 5.91 Å². The summed E-state index contributed by atoms with van der Waals surface area (Å²) in [5, 5.41) is 11.2. The van der Waals surface area contributed by atoms with Gasteiger partial charge in [0.15, 0.2) is 0 Å². The molecule has 2 N–H and O–H groups in total. The fourth-order valence-electron chi connectivity index (χ4n) is 1.30. The predicted molar refractivity (Wildman–Crippen MR) is 74.1 cm³/mol. The Morgan fingerprint density at radius 1 is 1.15 bits per heavy atom. The number of carboxylic acid groups (broad SMARTS) is 1. The third-order valence-corrected chi connectivity index (χ3v) is 3.16. The summed E-state index contributed by atoms with van der Waals surface area (Å²) >= 11 is 0. The number of carbonyl (C=O) groups excluding carboxylic acids is 2. The van der Waals surface area contributed by atoms with Crippen molar-refractivity contribution in [3.8, 4) is 0 Å². The molecular weight excluding hydrogens is 262 g/mol. The lowest BCUT2D eigenvalue weighted by atomic mass is 9.89. The molecule has 0 radical (unpaired) electrons. The van der Waals surface area contributed by atoms with E-state index in [1.807, 2.05) is 20.8 Å². The maximum absolute atomic E-state index is 11.7. The normalized spacial score (nSPS) is 10.9. The first-order valence-electron chi connectivity index (χ1n) is 6.95. The predicted octanol–water partition coefficient (Wildman–Crippen LogP) is 1.73. The van der Waals surface area contributed by atoms with Crippen molar-refractivity contribution < 1.29 is 24.2 Å². The maximum Gasteiger partial charge on any atom is 0.306 e. The number of esters is 1. The second kappa shape index (κ2) is 9.34. The molecule has 0 spiro atoms. The molecule has 6 heteroatoms. The van der Waals surface area contributed by atoms with E-state index in [0.29, 0.717) is 13.0 Å². The van der Waals surface area contributed by atoms with Crippen LogP contribution in [0.4, 0.5) is 0 Å².